The lowest BCUT2D eigenvalue weighted by Gasteiger charge is -2.40. The van der Waals surface area contributed by atoms with Gasteiger partial charge in [0.2, 0.25) is 0 Å². The molecule has 2 nitrogen and oxygen atoms in total. The molecular weight excluding hydrogens is 390 g/mol. The summed E-state index contributed by atoms with van der Waals surface area (Å²) in [5, 5.41) is 3.70. The minimum absolute atomic E-state index is 0.102. The second-order valence-corrected chi connectivity index (χ2v) is 9.50. The fourth-order valence-corrected chi connectivity index (χ4v) is 4.98. The highest BCUT2D eigenvalue weighted by molar-refractivity contribution is 5.59. The van der Waals surface area contributed by atoms with Crippen molar-refractivity contribution in [3.63, 3.8) is 0 Å². The number of hydrogen-bond acceptors (Lipinski definition) is 2. The van der Waals surface area contributed by atoms with E-state index in [0.29, 0.717) is 11.8 Å². The molecule has 3 rings (SSSR count). The Labute approximate surface area is 186 Å². The van der Waals surface area contributed by atoms with Gasteiger partial charge in [0, 0.05) is 18.2 Å². The van der Waals surface area contributed by atoms with Gasteiger partial charge in [-0.1, -0.05) is 75.9 Å². The quantitative estimate of drug-likeness (QED) is 0.382. The Kier molecular flexibility index (Phi) is 8.10. The first-order valence-corrected chi connectivity index (χ1v) is 11.8. The Balaban J connectivity index is 1.80. The van der Waals surface area contributed by atoms with Crippen LogP contribution in [0, 0.1) is 11.8 Å². The smallest absolute Gasteiger partial charge is 0.270 e. The van der Waals surface area contributed by atoms with E-state index >= 15 is 0 Å². The largest absolute Gasteiger partial charge is 0.378 e. The number of alkyl halides is 2. The minimum atomic E-state index is -2.82. The van der Waals surface area contributed by atoms with Gasteiger partial charge in [-0.15, -0.1) is 0 Å². The van der Waals surface area contributed by atoms with Crippen LogP contribution in [0.3, 0.4) is 0 Å². The van der Waals surface area contributed by atoms with Gasteiger partial charge >= 0.3 is 0 Å². The van der Waals surface area contributed by atoms with Crippen LogP contribution >= 0.6 is 0 Å². The van der Waals surface area contributed by atoms with Crippen LogP contribution in [-0.4, -0.2) is 6.54 Å². The maximum Gasteiger partial charge on any atom is 0.270 e. The van der Waals surface area contributed by atoms with E-state index in [-0.39, 0.29) is 17.5 Å². The number of anilines is 1. The Morgan fingerprint density at radius 2 is 1.77 bits per heavy atom. The van der Waals surface area contributed by atoms with Gasteiger partial charge in [-0.2, -0.15) is 0 Å². The van der Waals surface area contributed by atoms with Crippen LogP contribution in [0.2, 0.25) is 0 Å². The second kappa shape index (κ2) is 10.6. The highest BCUT2D eigenvalue weighted by atomic mass is 19.3. The van der Waals surface area contributed by atoms with Crippen LogP contribution in [0.15, 0.2) is 48.5 Å². The zero-order valence-corrected chi connectivity index (χ0v) is 19.2. The average molecular weight is 429 g/mol. The van der Waals surface area contributed by atoms with Crippen LogP contribution in [-0.2, 0) is 5.92 Å². The van der Waals surface area contributed by atoms with Crippen molar-refractivity contribution >= 4 is 5.69 Å². The zero-order valence-electron chi connectivity index (χ0n) is 19.2. The van der Waals surface area contributed by atoms with Crippen molar-refractivity contribution in [3.8, 4) is 0 Å². The van der Waals surface area contributed by atoms with E-state index < -0.39 is 5.92 Å². The van der Waals surface area contributed by atoms with Crippen LogP contribution in [0.1, 0.15) is 87.9 Å². The average Bonchev–Trinajstić information content (AvgIpc) is 2.75. The minimum Gasteiger partial charge on any atom is -0.378 e. The number of nitrogens with two attached hydrogens (primary N) is 1. The monoisotopic (exact) mass is 428 g/mol. The SMILES string of the molecule is CC(CCCCCN)CCC1C(C)c2cc(C(C)(F)F)ccc2N[C@H]1c1ccccc1. The fraction of sp³-hybridized carbons (Fsp3) is 0.556. The molecule has 1 aliphatic rings. The van der Waals surface area contributed by atoms with E-state index in [1.807, 2.05) is 12.1 Å². The maximum absolute atomic E-state index is 14.0. The summed E-state index contributed by atoms with van der Waals surface area (Å²) in [6.45, 7) is 6.30. The Morgan fingerprint density at radius 1 is 1.03 bits per heavy atom. The summed E-state index contributed by atoms with van der Waals surface area (Å²) in [6.07, 6.45) is 7.01. The number of rotatable bonds is 10. The number of fused-ring (bicyclic) bond motifs is 1. The third-order valence-corrected chi connectivity index (χ3v) is 6.98. The summed E-state index contributed by atoms with van der Waals surface area (Å²) >= 11 is 0. The Hall–Kier alpha value is -1.94. The number of benzene rings is 2. The first-order chi connectivity index (χ1) is 14.8. The van der Waals surface area contributed by atoms with Crippen LogP contribution in [0.5, 0.6) is 0 Å². The predicted octanol–water partition coefficient (Wildman–Crippen LogP) is 7.62. The molecule has 2 aromatic carbocycles. The van der Waals surface area contributed by atoms with Crippen LogP contribution in [0.4, 0.5) is 14.5 Å². The van der Waals surface area contributed by atoms with Gasteiger partial charge in [0.05, 0.1) is 6.04 Å². The van der Waals surface area contributed by atoms with Crippen molar-refractivity contribution < 1.29 is 8.78 Å². The molecule has 0 fully saturated rings. The first kappa shape index (κ1) is 23.7. The lowest BCUT2D eigenvalue weighted by atomic mass is 9.72. The van der Waals surface area contributed by atoms with Crippen molar-refractivity contribution in [1.82, 2.24) is 0 Å². The van der Waals surface area contributed by atoms with E-state index in [2.05, 4.69) is 43.4 Å². The molecule has 0 radical (unpaired) electrons. The molecule has 3 N–H and O–H groups in total. The van der Waals surface area contributed by atoms with Gasteiger partial charge in [0.1, 0.15) is 0 Å². The molecule has 1 heterocycles. The molecule has 170 valence electrons. The standard InChI is InChI=1S/C27H38F2N2/c1-19(10-6-5-9-17-30)13-15-23-20(2)24-18-22(27(3,28)29)14-16-25(24)31-26(23)21-11-7-4-8-12-21/h4,7-8,11-12,14,16,18-20,23,26,31H,5-6,9-10,13,15,17,30H2,1-3H3/t19?,20?,23?,26-/m0/s1. The van der Waals surface area contributed by atoms with E-state index in [9.17, 15) is 8.78 Å². The molecule has 1 aliphatic heterocycles. The highest BCUT2D eigenvalue weighted by Crippen LogP contribution is 2.48. The van der Waals surface area contributed by atoms with Crippen LogP contribution < -0.4 is 11.1 Å². The number of halogens is 2. The third-order valence-electron chi connectivity index (χ3n) is 6.98. The molecule has 0 saturated carbocycles. The molecule has 0 aromatic heterocycles. The highest BCUT2D eigenvalue weighted by Gasteiger charge is 2.36. The van der Waals surface area contributed by atoms with Gasteiger partial charge < -0.3 is 11.1 Å². The summed E-state index contributed by atoms with van der Waals surface area (Å²) < 4.78 is 28.0. The van der Waals surface area contributed by atoms with Crippen molar-refractivity contribution in [2.24, 2.45) is 17.6 Å². The molecule has 0 saturated heterocycles. The molecule has 0 amide bonds. The van der Waals surface area contributed by atoms with E-state index in [0.717, 1.165) is 44.0 Å². The molecule has 2 aromatic rings. The second-order valence-electron chi connectivity index (χ2n) is 9.50. The number of unbranched alkanes of at least 4 members (excludes halogenated alkanes) is 2. The summed E-state index contributed by atoms with van der Waals surface area (Å²) in [5.41, 5.74) is 8.99. The Bertz CT molecular complexity index is 816. The topological polar surface area (TPSA) is 38.0 Å². The number of nitrogens with one attached hydrogen (secondary N) is 1. The van der Waals surface area contributed by atoms with E-state index in [1.165, 1.54) is 24.8 Å². The summed E-state index contributed by atoms with van der Waals surface area (Å²) in [5.74, 6) is -1.58. The lowest BCUT2D eigenvalue weighted by molar-refractivity contribution is 0.0173. The molecular formula is C27H38F2N2. The molecule has 4 atom stereocenters. The number of hydrogen-bond donors (Lipinski definition) is 2. The van der Waals surface area contributed by atoms with Gasteiger partial charge in [-0.25, -0.2) is 8.78 Å². The lowest BCUT2D eigenvalue weighted by Crippen LogP contribution is -2.31. The molecule has 4 heteroatoms. The summed E-state index contributed by atoms with van der Waals surface area (Å²) in [4.78, 5) is 0. The molecule has 3 unspecified atom stereocenters. The van der Waals surface area contributed by atoms with Crippen molar-refractivity contribution in [1.29, 1.82) is 0 Å². The summed E-state index contributed by atoms with van der Waals surface area (Å²) in [7, 11) is 0. The van der Waals surface area contributed by atoms with Gasteiger partial charge in [0.25, 0.3) is 5.92 Å². The summed E-state index contributed by atoms with van der Waals surface area (Å²) in [6, 6.07) is 15.9. The zero-order chi connectivity index (χ0) is 22.4. The third kappa shape index (κ3) is 6.06. The predicted molar refractivity (Wildman–Crippen MR) is 127 cm³/mol. The van der Waals surface area contributed by atoms with Gasteiger partial charge in [-0.05, 0) is 60.4 Å². The first-order valence-electron chi connectivity index (χ1n) is 11.8. The van der Waals surface area contributed by atoms with Crippen molar-refractivity contribution in [2.75, 3.05) is 11.9 Å². The molecule has 31 heavy (non-hydrogen) atoms. The van der Waals surface area contributed by atoms with Crippen molar-refractivity contribution in [3.05, 3.63) is 65.2 Å². The fourth-order valence-electron chi connectivity index (χ4n) is 4.98. The molecule has 0 spiro atoms. The Morgan fingerprint density at radius 3 is 2.45 bits per heavy atom. The van der Waals surface area contributed by atoms with Crippen molar-refractivity contribution in [2.45, 2.75) is 77.2 Å². The molecule has 0 aliphatic carbocycles. The maximum atomic E-state index is 14.0. The molecule has 0 bridgehead atoms. The van der Waals surface area contributed by atoms with Gasteiger partial charge in [-0.3, -0.25) is 0 Å². The van der Waals surface area contributed by atoms with Crippen LogP contribution in [0.25, 0.3) is 0 Å². The van der Waals surface area contributed by atoms with Gasteiger partial charge in [0.15, 0.2) is 0 Å². The normalized spacial score (nSPS) is 21.9. The van der Waals surface area contributed by atoms with E-state index in [4.69, 9.17) is 5.73 Å². The van der Waals surface area contributed by atoms with E-state index in [1.54, 1.807) is 12.1 Å².